The van der Waals surface area contributed by atoms with Crippen LogP contribution in [0.3, 0.4) is 0 Å². The van der Waals surface area contributed by atoms with Gasteiger partial charge in [0.2, 0.25) is 0 Å². The maximum Gasteiger partial charge on any atom is 0.416 e. The summed E-state index contributed by atoms with van der Waals surface area (Å²) in [6.07, 6.45) is -1.92. The van der Waals surface area contributed by atoms with E-state index in [4.69, 9.17) is 5.11 Å². The van der Waals surface area contributed by atoms with E-state index >= 15 is 0 Å². The second kappa shape index (κ2) is 7.26. The highest BCUT2D eigenvalue weighted by Crippen LogP contribution is 2.34. The van der Waals surface area contributed by atoms with Crippen LogP contribution in [-0.4, -0.2) is 23.0 Å². The van der Waals surface area contributed by atoms with Crippen molar-refractivity contribution in [2.24, 2.45) is 5.92 Å². The first-order valence-corrected chi connectivity index (χ1v) is 8.12. The largest absolute Gasteiger partial charge is 0.465 e. The number of carbonyl (C=O) groups is 1. The predicted molar refractivity (Wildman–Crippen MR) is 79.1 cm³/mol. The number of amides is 1. The fraction of sp³-hybridized carbons (Fsp3) is 0.533. The molecule has 0 radical (unpaired) electrons. The summed E-state index contributed by atoms with van der Waals surface area (Å²) in [4.78, 5) is 11.2. The van der Waals surface area contributed by atoms with E-state index in [0.717, 1.165) is 37.5 Å². The molecular weight excluding hydrogens is 315 g/mol. The SMILES string of the molecule is O=C(O)N[C@H]1CC[C@@H](CSc2cccc(C(F)(F)F)c2)CC1. The van der Waals surface area contributed by atoms with Crippen LogP contribution in [0.25, 0.3) is 0 Å². The van der Waals surface area contributed by atoms with Crippen LogP contribution in [0, 0.1) is 5.92 Å². The monoisotopic (exact) mass is 333 g/mol. The van der Waals surface area contributed by atoms with Gasteiger partial charge in [0.15, 0.2) is 0 Å². The lowest BCUT2D eigenvalue weighted by Crippen LogP contribution is -2.36. The number of alkyl halides is 3. The Morgan fingerprint density at radius 1 is 1.27 bits per heavy atom. The zero-order chi connectivity index (χ0) is 16.2. The lowest BCUT2D eigenvalue weighted by atomic mass is 9.87. The number of halogens is 3. The summed E-state index contributed by atoms with van der Waals surface area (Å²) in [7, 11) is 0. The number of hydrogen-bond acceptors (Lipinski definition) is 2. The van der Waals surface area contributed by atoms with Crippen LogP contribution in [0.2, 0.25) is 0 Å². The highest BCUT2D eigenvalue weighted by atomic mass is 32.2. The molecule has 0 heterocycles. The van der Waals surface area contributed by atoms with Gasteiger partial charge in [-0.3, -0.25) is 0 Å². The molecule has 0 bridgehead atoms. The fourth-order valence-electron chi connectivity index (χ4n) is 2.62. The van der Waals surface area contributed by atoms with Crippen LogP contribution in [-0.2, 0) is 6.18 Å². The Labute approximate surface area is 131 Å². The van der Waals surface area contributed by atoms with Crippen molar-refractivity contribution in [1.82, 2.24) is 5.32 Å². The van der Waals surface area contributed by atoms with Gasteiger partial charge < -0.3 is 10.4 Å². The predicted octanol–water partition coefficient (Wildman–Crippen LogP) is 4.62. The summed E-state index contributed by atoms with van der Waals surface area (Å²) in [5, 5.41) is 11.2. The van der Waals surface area contributed by atoms with Crippen molar-refractivity contribution in [3.63, 3.8) is 0 Å². The average molecular weight is 333 g/mol. The summed E-state index contributed by atoms with van der Waals surface area (Å²) < 4.78 is 37.9. The Bertz CT molecular complexity index is 514. The van der Waals surface area contributed by atoms with Gasteiger partial charge in [-0.1, -0.05) is 6.07 Å². The number of rotatable bonds is 4. The number of thioether (sulfide) groups is 1. The van der Waals surface area contributed by atoms with E-state index in [2.05, 4.69) is 5.32 Å². The summed E-state index contributed by atoms with van der Waals surface area (Å²) in [6.45, 7) is 0. The standard InChI is InChI=1S/C15H18F3NO2S/c16-15(17,18)11-2-1-3-13(8-11)22-9-10-4-6-12(7-5-10)19-14(20)21/h1-3,8,10,12,19H,4-7,9H2,(H,20,21)/t10-,12+. The van der Waals surface area contributed by atoms with E-state index in [0.29, 0.717) is 10.8 Å². The summed E-state index contributed by atoms with van der Waals surface area (Å²) in [6, 6.07) is 5.39. The second-order valence-electron chi connectivity index (χ2n) is 5.50. The van der Waals surface area contributed by atoms with Crippen molar-refractivity contribution < 1.29 is 23.1 Å². The molecule has 1 aliphatic rings. The van der Waals surface area contributed by atoms with Gasteiger partial charge in [-0.05, 0) is 49.8 Å². The highest BCUT2D eigenvalue weighted by Gasteiger charge is 2.30. The molecule has 1 aliphatic carbocycles. The minimum atomic E-state index is -4.31. The third-order valence-electron chi connectivity index (χ3n) is 3.82. The quantitative estimate of drug-likeness (QED) is 0.790. The third-order valence-corrected chi connectivity index (χ3v) is 5.05. The molecule has 2 rings (SSSR count). The molecule has 2 N–H and O–H groups in total. The molecule has 1 aromatic rings. The number of nitrogens with one attached hydrogen (secondary N) is 1. The smallest absolute Gasteiger partial charge is 0.416 e. The van der Waals surface area contributed by atoms with Crippen LogP contribution >= 0.6 is 11.8 Å². The molecule has 1 fully saturated rings. The average Bonchev–Trinajstić information content (AvgIpc) is 2.45. The van der Waals surface area contributed by atoms with Crippen molar-refractivity contribution in [1.29, 1.82) is 0 Å². The first-order valence-electron chi connectivity index (χ1n) is 7.14. The summed E-state index contributed by atoms with van der Waals surface area (Å²) >= 11 is 1.44. The van der Waals surface area contributed by atoms with Gasteiger partial charge in [0.25, 0.3) is 0 Å². The van der Waals surface area contributed by atoms with Crippen molar-refractivity contribution in [3.05, 3.63) is 29.8 Å². The highest BCUT2D eigenvalue weighted by molar-refractivity contribution is 7.99. The Morgan fingerprint density at radius 2 is 1.95 bits per heavy atom. The van der Waals surface area contributed by atoms with E-state index in [1.807, 2.05) is 0 Å². The van der Waals surface area contributed by atoms with Crippen molar-refractivity contribution in [2.75, 3.05) is 5.75 Å². The molecule has 1 aromatic carbocycles. The lowest BCUT2D eigenvalue weighted by molar-refractivity contribution is -0.137. The molecule has 22 heavy (non-hydrogen) atoms. The maximum atomic E-state index is 12.6. The summed E-state index contributed by atoms with van der Waals surface area (Å²) in [5.74, 6) is 1.19. The first kappa shape index (κ1) is 17.0. The topological polar surface area (TPSA) is 49.3 Å². The lowest BCUT2D eigenvalue weighted by Gasteiger charge is -2.28. The third kappa shape index (κ3) is 5.12. The van der Waals surface area contributed by atoms with Gasteiger partial charge in [-0.25, -0.2) is 4.79 Å². The molecule has 122 valence electrons. The van der Waals surface area contributed by atoms with Crippen molar-refractivity contribution in [3.8, 4) is 0 Å². The minimum Gasteiger partial charge on any atom is -0.465 e. The normalized spacial score (nSPS) is 22.3. The number of benzene rings is 1. The number of carboxylic acid groups (broad SMARTS) is 1. The Balaban J connectivity index is 1.81. The molecule has 1 amide bonds. The molecule has 1 saturated carbocycles. The fourth-order valence-corrected chi connectivity index (χ4v) is 3.77. The number of hydrogen-bond donors (Lipinski definition) is 2. The van der Waals surface area contributed by atoms with E-state index in [1.54, 1.807) is 6.07 Å². The van der Waals surface area contributed by atoms with Gasteiger partial charge in [0, 0.05) is 16.7 Å². The molecule has 7 heteroatoms. The van der Waals surface area contributed by atoms with Crippen LogP contribution in [0.5, 0.6) is 0 Å². The van der Waals surface area contributed by atoms with E-state index in [9.17, 15) is 18.0 Å². The van der Waals surface area contributed by atoms with Gasteiger partial charge in [0.05, 0.1) is 5.56 Å². The van der Waals surface area contributed by atoms with E-state index < -0.39 is 17.8 Å². The Morgan fingerprint density at radius 3 is 2.55 bits per heavy atom. The zero-order valence-corrected chi connectivity index (χ0v) is 12.7. The first-order chi connectivity index (χ1) is 10.3. The van der Waals surface area contributed by atoms with Crippen LogP contribution in [0.4, 0.5) is 18.0 Å². The van der Waals surface area contributed by atoms with Crippen LogP contribution in [0.1, 0.15) is 31.2 Å². The van der Waals surface area contributed by atoms with Crippen molar-refractivity contribution in [2.45, 2.75) is 42.8 Å². The summed E-state index contributed by atoms with van der Waals surface area (Å²) in [5.41, 5.74) is -0.619. The molecular formula is C15H18F3NO2S. The van der Waals surface area contributed by atoms with Gasteiger partial charge in [0.1, 0.15) is 0 Å². The molecule has 0 aliphatic heterocycles. The van der Waals surface area contributed by atoms with Crippen LogP contribution < -0.4 is 5.32 Å². The zero-order valence-electron chi connectivity index (χ0n) is 11.9. The molecule has 0 unspecified atom stereocenters. The second-order valence-corrected chi connectivity index (χ2v) is 6.60. The molecule has 0 atom stereocenters. The maximum absolute atomic E-state index is 12.6. The van der Waals surface area contributed by atoms with Gasteiger partial charge in [-0.2, -0.15) is 13.2 Å². The Hall–Kier alpha value is -1.37. The van der Waals surface area contributed by atoms with Gasteiger partial charge in [-0.15, -0.1) is 11.8 Å². The molecule has 0 saturated heterocycles. The Kier molecular flexibility index (Phi) is 5.61. The molecule has 0 spiro atoms. The molecule has 0 aromatic heterocycles. The van der Waals surface area contributed by atoms with Crippen molar-refractivity contribution >= 4 is 17.9 Å². The minimum absolute atomic E-state index is 0.00677. The van der Waals surface area contributed by atoms with E-state index in [1.165, 1.54) is 23.9 Å². The van der Waals surface area contributed by atoms with Crippen LogP contribution in [0.15, 0.2) is 29.2 Å². The van der Waals surface area contributed by atoms with Gasteiger partial charge >= 0.3 is 12.3 Å². The molecule has 3 nitrogen and oxygen atoms in total. The van der Waals surface area contributed by atoms with E-state index in [-0.39, 0.29) is 6.04 Å².